The summed E-state index contributed by atoms with van der Waals surface area (Å²) in [6.45, 7) is 0. The van der Waals surface area contributed by atoms with Gasteiger partial charge in [0.05, 0.1) is 0 Å². The standard InChI is InChI=1S/C16H12O2/c17-16-9-7-14-13-5-4-10-2-1-3-11(10)12(13)6-8-15(14)18-16/h1-6,8,14H,7,9H2. The van der Waals surface area contributed by atoms with E-state index in [-0.39, 0.29) is 11.9 Å². The van der Waals surface area contributed by atoms with Crippen molar-refractivity contribution in [3.05, 3.63) is 51.6 Å². The second-order valence-electron chi connectivity index (χ2n) is 4.90. The van der Waals surface area contributed by atoms with Crippen LogP contribution in [0.25, 0.3) is 18.2 Å². The van der Waals surface area contributed by atoms with Gasteiger partial charge in [0.1, 0.15) is 5.76 Å². The number of carbonyl (C=O) groups is 1. The van der Waals surface area contributed by atoms with Gasteiger partial charge in [-0.25, -0.2) is 0 Å². The third-order valence-corrected chi connectivity index (χ3v) is 3.90. The molecule has 0 N–H and O–H groups in total. The van der Waals surface area contributed by atoms with Gasteiger partial charge in [-0.15, -0.1) is 0 Å². The maximum Gasteiger partial charge on any atom is 0.310 e. The van der Waals surface area contributed by atoms with Crippen LogP contribution >= 0.6 is 0 Å². The molecule has 2 nitrogen and oxygen atoms in total. The Morgan fingerprint density at radius 2 is 2.06 bits per heavy atom. The Hall–Kier alpha value is -2.09. The highest BCUT2D eigenvalue weighted by atomic mass is 16.5. The molecule has 18 heavy (non-hydrogen) atoms. The highest BCUT2D eigenvalue weighted by Crippen LogP contribution is 2.34. The van der Waals surface area contributed by atoms with Crippen LogP contribution in [0.15, 0.2) is 30.0 Å². The topological polar surface area (TPSA) is 26.3 Å². The molecule has 0 spiro atoms. The average Bonchev–Trinajstić information content (AvgIpc) is 2.86. The van der Waals surface area contributed by atoms with Gasteiger partial charge >= 0.3 is 5.97 Å². The number of hydrogen-bond donors (Lipinski definition) is 0. The zero-order valence-corrected chi connectivity index (χ0v) is 9.85. The molecule has 1 heterocycles. The van der Waals surface area contributed by atoms with Gasteiger partial charge in [0.2, 0.25) is 0 Å². The molecule has 3 aliphatic rings. The predicted molar refractivity (Wildman–Crippen MR) is 69.8 cm³/mol. The van der Waals surface area contributed by atoms with Crippen LogP contribution in [0.5, 0.6) is 0 Å². The van der Waals surface area contributed by atoms with Gasteiger partial charge in [0.15, 0.2) is 0 Å². The number of ether oxygens (including phenoxy) is 1. The summed E-state index contributed by atoms with van der Waals surface area (Å²) in [6, 6.07) is 4.33. The third kappa shape index (κ3) is 1.26. The van der Waals surface area contributed by atoms with Crippen molar-refractivity contribution in [2.24, 2.45) is 0 Å². The van der Waals surface area contributed by atoms with Crippen molar-refractivity contribution in [1.29, 1.82) is 0 Å². The molecule has 1 unspecified atom stereocenters. The van der Waals surface area contributed by atoms with Crippen LogP contribution in [0.2, 0.25) is 0 Å². The fourth-order valence-corrected chi connectivity index (χ4v) is 3.02. The van der Waals surface area contributed by atoms with Gasteiger partial charge in [0.25, 0.3) is 0 Å². The minimum absolute atomic E-state index is 0.108. The van der Waals surface area contributed by atoms with Crippen LogP contribution in [-0.4, -0.2) is 5.97 Å². The van der Waals surface area contributed by atoms with Gasteiger partial charge < -0.3 is 4.74 Å². The number of esters is 1. The fraction of sp³-hybridized carbons (Fsp3) is 0.188. The van der Waals surface area contributed by atoms with Gasteiger partial charge in [0, 0.05) is 12.3 Å². The van der Waals surface area contributed by atoms with E-state index in [1.807, 2.05) is 6.08 Å². The van der Waals surface area contributed by atoms with E-state index < -0.39 is 0 Å². The van der Waals surface area contributed by atoms with Crippen molar-refractivity contribution in [1.82, 2.24) is 0 Å². The molecule has 0 amide bonds. The number of allylic oxidation sites excluding steroid dienone is 3. The maximum absolute atomic E-state index is 11.3. The molecular weight excluding hydrogens is 224 g/mol. The highest BCUT2D eigenvalue weighted by molar-refractivity contribution is 5.74. The van der Waals surface area contributed by atoms with Crippen molar-refractivity contribution in [2.45, 2.75) is 18.8 Å². The van der Waals surface area contributed by atoms with Crippen LogP contribution in [0, 0.1) is 0 Å². The van der Waals surface area contributed by atoms with Gasteiger partial charge in [-0.2, -0.15) is 0 Å². The third-order valence-electron chi connectivity index (χ3n) is 3.90. The summed E-state index contributed by atoms with van der Waals surface area (Å²) in [5.74, 6) is 0.954. The minimum Gasteiger partial charge on any atom is -0.430 e. The number of hydrogen-bond acceptors (Lipinski definition) is 2. The normalized spacial score (nSPS) is 23.0. The number of fused-ring (bicyclic) bond motifs is 5. The van der Waals surface area contributed by atoms with E-state index in [0.29, 0.717) is 6.42 Å². The van der Waals surface area contributed by atoms with Gasteiger partial charge in [-0.3, -0.25) is 4.79 Å². The van der Waals surface area contributed by atoms with Crippen LogP contribution in [0.1, 0.15) is 29.9 Å². The van der Waals surface area contributed by atoms with E-state index in [9.17, 15) is 4.79 Å². The molecule has 4 rings (SSSR count). The highest BCUT2D eigenvalue weighted by Gasteiger charge is 2.29. The molecule has 0 radical (unpaired) electrons. The number of rotatable bonds is 0. The number of carbonyl (C=O) groups excluding carboxylic acids is 1. The lowest BCUT2D eigenvalue weighted by Crippen LogP contribution is -2.35. The Labute approximate surface area is 105 Å². The Morgan fingerprint density at radius 3 is 3.00 bits per heavy atom. The Bertz CT molecular complexity index is 735. The molecule has 1 atom stereocenters. The van der Waals surface area contributed by atoms with E-state index in [2.05, 4.69) is 36.4 Å². The van der Waals surface area contributed by atoms with Crippen LogP contribution in [0.3, 0.4) is 0 Å². The summed E-state index contributed by atoms with van der Waals surface area (Å²) in [5.41, 5.74) is 2.56. The van der Waals surface area contributed by atoms with Gasteiger partial charge in [-0.1, -0.05) is 36.4 Å². The van der Waals surface area contributed by atoms with Crippen LogP contribution < -0.4 is 10.4 Å². The molecule has 0 aromatic heterocycles. The summed E-state index contributed by atoms with van der Waals surface area (Å²) >= 11 is 0. The monoisotopic (exact) mass is 236 g/mol. The quantitative estimate of drug-likeness (QED) is 0.639. The second-order valence-corrected chi connectivity index (χ2v) is 4.90. The first kappa shape index (κ1) is 9.89. The summed E-state index contributed by atoms with van der Waals surface area (Å²) in [6.07, 6.45) is 11.8. The Morgan fingerprint density at radius 1 is 1.11 bits per heavy atom. The first-order chi connectivity index (χ1) is 8.83. The molecule has 0 bridgehead atoms. The lowest BCUT2D eigenvalue weighted by Gasteiger charge is -2.27. The zero-order valence-electron chi connectivity index (χ0n) is 9.85. The van der Waals surface area contributed by atoms with E-state index in [0.717, 1.165) is 12.2 Å². The second kappa shape index (κ2) is 3.45. The lowest BCUT2D eigenvalue weighted by molar-refractivity contribution is -0.142. The molecule has 2 aliphatic carbocycles. The average molecular weight is 236 g/mol. The largest absolute Gasteiger partial charge is 0.430 e. The summed E-state index contributed by atoms with van der Waals surface area (Å²) in [5, 5.41) is 2.57. The number of benzene rings is 1. The van der Waals surface area contributed by atoms with Crippen molar-refractivity contribution < 1.29 is 9.53 Å². The zero-order chi connectivity index (χ0) is 12.1. The van der Waals surface area contributed by atoms with Crippen molar-refractivity contribution >= 4 is 24.2 Å². The van der Waals surface area contributed by atoms with E-state index in [1.54, 1.807) is 0 Å². The molecule has 88 valence electrons. The SMILES string of the molecule is O=C1CCC2C(=CC=c3c2ccc2c3=CC=C2)O1. The molecule has 0 saturated carbocycles. The van der Waals surface area contributed by atoms with Crippen molar-refractivity contribution in [3.8, 4) is 0 Å². The maximum atomic E-state index is 11.3. The summed E-state index contributed by atoms with van der Waals surface area (Å²) in [7, 11) is 0. The molecule has 1 saturated heterocycles. The Kier molecular flexibility index (Phi) is 1.90. The lowest BCUT2D eigenvalue weighted by atomic mass is 9.85. The molecule has 1 fully saturated rings. The summed E-state index contributed by atoms with van der Waals surface area (Å²) in [4.78, 5) is 11.3. The molecular formula is C16H12O2. The van der Waals surface area contributed by atoms with E-state index in [4.69, 9.17) is 4.74 Å². The predicted octanol–water partition coefficient (Wildman–Crippen LogP) is 1.59. The van der Waals surface area contributed by atoms with Gasteiger partial charge in [-0.05, 0) is 34.1 Å². The molecule has 1 aromatic carbocycles. The Balaban J connectivity index is 1.97. The smallest absolute Gasteiger partial charge is 0.310 e. The minimum atomic E-state index is -0.108. The van der Waals surface area contributed by atoms with Crippen LogP contribution in [0.4, 0.5) is 0 Å². The first-order valence-corrected chi connectivity index (χ1v) is 6.27. The van der Waals surface area contributed by atoms with Crippen molar-refractivity contribution in [2.75, 3.05) is 0 Å². The fourth-order valence-electron chi connectivity index (χ4n) is 3.02. The molecule has 2 heteroatoms. The molecule has 1 aromatic rings. The van der Waals surface area contributed by atoms with Crippen molar-refractivity contribution in [3.63, 3.8) is 0 Å². The molecule has 1 aliphatic heterocycles. The van der Waals surface area contributed by atoms with Crippen LogP contribution in [-0.2, 0) is 9.53 Å². The first-order valence-electron chi connectivity index (χ1n) is 6.27. The summed E-state index contributed by atoms with van der Waals surface area (Å²) < 4.78 is 5.33. The van der Waals surface area contributed by atoms with E-state index in [1.165, 1.54) is 21.6 Å². The van der Waals surface area contributed by atoms with E-state index >= 15 is 0 Å².